The van der Waals surface area contributed by atoms with Crippen molar-refractivity contribution >= 4 is 11.8 Å². The van der Waals surface area contributed by atoms with E-state index >= 15 is 0 Å². The van der Waals surface area contributed by atoms with Gasteiger partial charge in [-0.15, -0.1) is 0 Å². The molecule has 1 unspecified atom stereocenters. The summed E-state index contributed by atoms with van der Waals surface area (Å²) in [5.41, 5.74) is -0.321. The molecule has 0 aliphatic carbocycles. The number of hydrogen-bond donors (Lipinski definition) is 1. The molecule has 0 aliphatic heterocycles. The Hall–Kier alpha value is -0.200. The zero-order valence-corrected chi connectivity index (χ0v) is 11.8. The Labute approximate surface area is 105 Å². The molecule has 0 aliphatic rings. The Morgan fingerprint density at radius 1 is 1.19 bits per heavy atom. The lowest BCUT2D eigenvalue weighted by atomic mass is 9.98. The molecule has 0 aromatic carbocycles. The number of nitrogens with one attached hydrogen (secondary N) is 1. The summed E-state index contributed by atoms with van der Waals surface area (Å²) in [6, 6.07) is 2.37. The molecule has 0 radical (unpaired) electrons. The summed E-state index contributed by atoms with van der Waals surface area (Å²) in [7, 11) is 0. The van der Waals surface area contributed by atoms with Crippen LogP contribution in [0, 0.1) is 11.3 Å². The fourth-order valence-electron chi connectivity index (χ4n) is 1.66. The number of thioether (sulfide) groups is 1. The average molecular weight is 242 g/mol. The van der Waals surface area contributed by atoms with E-state index in [-0.39, 0.29) is 5.54 Å². The molecule has 0 aromatic rings. The van der Waals surface area contributed by atoms with Gasteiger partial charge in [0.2, 0.25) is 0 Å². The summed E-state index contributed by atoms with van der Waals surface area (Å²) >= 11 is 2.03. The van der Waals surface area contributed by atoms with E-state index in [9.17, 15) is 0 Å². The summed E-state index contributed by atoms with van der Waals surface area (Å²) in [6.07, 6.45) is 6.07. The van der Waals surface area contributed by atoms with Crippen LogP contribution in [0.2, 0.25) is 0 Å². The third kappa shape index (κ3) is 8.01. The van der Waals surface area contributed by atoms with Crippen molar-refractivity contribution in [1.82, 2.24) is 5.32 Å². The van der Waals surface area contributed by atoms with Gasteiger partial charge >= 0.3 is 0 Å². The van der Waals surface area contributed by atoms with Crippen molar-refractivity contribution in [2.75, 3.05) is 18.1 Å². The van der Waals surface area contributed by atoms with Crippen LogP contribution in [0.15, 0.2) is 0 Å². The smallest absolute Gasteiger partial charge is 0.103 e. The van der Waals surface area contributed by atoms with Crippen LogP contribution in [0.3, 0.4) is 0 Å². The molecule has 0 saturated carbocycles. The van der Waals surface area contributed by atoms with Gasteiger partial charge in [-0.25, -0.2) is 0 Å². The molecule has 3 heteroatoms. The largest absolute Gasteiger partial charge is 0.300 e. The zero-order chi connectivity index (χ0) is 12.3. The van der Waals surface area contributed by atoms with Gasteiger partial charge in [0, 0.05) is 0 Å². The summed E-state index contributed by atoms with van der Waals surface area (Å²) in [6.45, 7) is 7.15. The number of unbranched alkanes of at least 4 members (excludes halogenated alkanes) is 2. The zero-order valence-electron chi connectivity index (χ0n) is 11.0. The predicted octanol–water partition coefficient (Wildman–Crippen LogP) is 3.58. The van der Waals surface area contributed by atoms with Gasteiger partial charge in [-0.3, -0.25) is 5.32 Å². The summed E-state index contributed by atoms with van der Waals surface area (Å²) in [5, 5.41) is 12.3. The van der Waals surface area contributed by atoms with Gasteiger partial charge < -0.3 is 0 Å². The van der Waals surface area contributed by atoms with Gasteiger partial charge in [-0.2, -0.15) is 17.0 Å². The SMILES string of the molecule is CCCCCSCCCC(C)(C#N)NCC. The Morgan fingerprint density at radius 2 is 1.88 bits per heavy atom. The fourth-order valence-corrected chi connectivity index (χ4v) is 2.62. The van der Waals surface area contributed by atoms with Crippen LogP contribution < -0.4 is 5.32 Å². The molecule has 1 N–H and O–H groups in total. The van der Waals surface area contributed by atoms with Crippen LogP contribution in [0.25, 0.3) is 0 Å². The standard InChI is InChI=1S/C13H26N2S/c1-4-6-7-10-16-11-8-9-13(3,12-14)15-5-2/h15H,4-11H2,1-3H3. The first-order valence-electron chi connectivity index (χ1n) is 6.42. The van der Waals surface area contributed by atoms with Crippen molar-refractivity contribution < 1.29 is 0 Å². The second kappa shape index (κ2) is 9.99. The molecule has 0 bridgehead atoms. The minimum atomic E-state index is -0.321. The third-order valence-electron chi connectivity index (χ3n) is 2.67. The van der Waals surface area contributed by atoms with Crippen LogP contribution in [0.1, 0.15) is 52.9 Å². The van der Waals surface area contributed by atoms with Crippen molar-refractivity contribution in [3.63, 3.8) is 0 Å². The Balaban J connectivity index is 3.46. The Morgan fingerprint density at radius 3 is 2.44 bits per heavy atom. The first kappa shape index (κ1) is 15.8. The monoisotopic (exact) mass is 242 g/mol. The van der Waals surface area contributed by atoms with E-state index in [4.69, 9.17) is 5.26 Å². The molecule has 94 valence electrons. The molecule has 1 atom stereocenters. The van der Waals surface area contributed by atoms with Crippen molar-refractivity contribution in [3.05, 3.63) is 0 Å². The van der Waals surface area contributed by atoms with E-state index in [1.54, 1.807) is 0 Å². The maximum atomic E-state index is 9.07. The summed E-state index contributed by atoms with van der Waals surface area (Å²) < 4.78 is 0. The van der Waals surface area contributed by atoms with Gasteiger partial charge in [0.25, 0.3) is 0 Å². The topological polar surface area (TPSA) is 35.8 Å². The molecular weight excluding hydrogens is 216 g/mol. The van der Waals surface area contributed by atoms with E-state index in [2.05, 4.69) is 25.2 Å². The Bertz CT molecular complexity index is 201. The van der Waals surface area contributed by atoms with Gasteiger partial charge in [0.1, 0.15) is 5.54 Å². The highest BCUT2D eigenvalue weighted by Crippen LogP contribution is 2.15. The average Bonchev–Trinajstić information content (AvgIpc) is 2.28. The number of nitrogens with zero attached hydrogens (tertiary/aromatic N) is 1. The highest BCUT2D eigenvalue weighted by Gasteiger charge is 2.20. The molecular formula is C13H26N2S. The van der Waals surface area contributed by atoms with Gasteiger partial charge in [-0.1, -0.05) is 26.7 Å². The molecule has 0 aromatic heterocycles. The minimum absolute atomic E-state index is 0.321. The van der Waals surface area contributed by atoms with Crippen molar-refractivity contribution in [3.8, 4) is 6.07 Å². The number of rotatable bonds is 10. The van der Waals surface area contributed by atoms with Crippen LogP contribution >= 0.6 is 11.8 Å². The molecule has 2 nitrogen and oxygen atoms in total. The minimum Gasteiger partial charge on any atom is -0.300 e. The van der Waals surface area contributed by atoms with Gasteiger partial charge in [-0.05, 0) is 44.2 Å². The summed E-state index contributed by atoms with van der Waals surface area (Å²) in [5.74, 6) is 2.46. The van der Waals surface area contributed by atoms with E-state index in [1.165, 1.54) is 30.8 Å². The van der Waals surface area contributed by atoms with Gasteiger partial charge in [0.15, 0.2) is 0 Å². The van der Waals surface area contributed by atoms with Crippen LogP contribution in [0.4, 0.5) is 0 Å². The van der Waals surface area contributed by atoms with Crippen molar-refractivity contribution in [1.29, 1.82) is 5.26 Å². The highest BCUT2D eigenvalue weighted by atomic mass is 32.2. The lowest BCUT2D eigenvalue weighted by Crippen LogP contribution is -2.40. The normalized spacial score (nSPS) is 14.4. The van der Waals surface area contributed by atoms with E-state index in [0.29, 0.717) is 0 Å². The quantitative estimate of drug-likeness (QED) is 0.595. The van der Waals surface area contributed by atoms with E-state index in [1.807, 2.05) is 18.7 Å². The van der Waals surface area contributed by atoms with Crippen LogP contribution in [-0.2, 0) is 0 Å². The molecule has 16 heavy (non-hydrogen) atoms. The van der Waals surface area contributed by atoms with E-state index < -0.39 is 0 Å². The van der Waals surface area contributed by atoms with Crippen LogP contribution in [-0.4, -0.2) is 23.6 Å². The predicted molar refractivity (Wildman–Crippen MR) is 73.8 cm³/mol. The molecule has 0 amide bonds. The molecule has 0 spiro atoms. The number of nitriles is 1. The number of hydrogen-bond acceptors (Lipinski definition) is 3. The Kier molecular flexibility index (Phi) is 9.86. The van der Waals surface area contributed by atoms with Crippen molar-refractivity contribution in [2.24, 2.45) is 0 Å². The third-order valence-corrected chi connectivity index (χ3v) is 3.83. The lowest BCUT2D eigenvalue weighted by Gasteiger charge is -2.22. The first-order chi connectivity index (χ1) is 7.68. The fraction of sp³-hybridized carbons (Fsp3) is 0.923. The summed E-state index contributed by atoms with van der Waals surface area (Å²) in [4.78, 5) is 0. The highest BCUT2D eigenvalue weighted by molar-refractivity contribution is 7.99. The lowest BCUT2D eigenvalue weighted by molar-refractivity contribution is 0.426. The molecule has 0 saturated heterocycles. The van der Waals surface area contributed by atoms with E-state index in [0.717, 1.165) is 19.4 Å². The second-order valence-corrected chi connectivity index (χ2v) is 5.62. The van der Waals surface area contributed by atoms with Crippen LogP contribution in [0.5, 0.6) is 0 Å². The second-order valence-electron chi connectivity index (χ2n) is 4.40. The molecule has 0 fully saturated rings. The first-order valence-corrected chi connectivity index (χ1v) is 7.58. The van der Waals surface area contributed by atoms with Gasteiger partial charge in [0.05, 0.1) is 6.07 Å². The van der Waals surface area contributed by atoms with Crippen molar-refractivity contribution in [2.45, 2.75) is 58.4 Å². The molecule has 0 heterocycles. The maximum Gasteiger partial charge on any atom is 0.103 e. The molecule has 0 rings (SSSR count). The maximum absolute atomic E-state index is 9.07.